The minimum Gasteiger partial charge on any atom is -0.481 e. The van der Waals surface area contributed by atoms with Gasteiger partial charge in [0.15, 0.2) is 0 Å². The molecule has 2 rings (SSSR count). The number of aliphatic carboxylic acids is 1. The zero-order valence-corrected chi connectivity index (χ0v) is 10.7. The normalized spacial score (nSPS) is 16.4. The summed E-state index contributed by atoms with van der Waals surface area (Å²) in [5.41, 5.74) is 6.10. The maximum Gasteiger partial charge on any atom is 0.306 e. The number of primary amides is 1. The Balaban J connectivity index is 2.14. The molecule has 0 saturated carbocycles. The molecule has 0 spiro atoms. The van der Waals surface area contributed by atoms with Crippen LogP contribution in [0.5, 0.6) is 0 Å². The second-order valence-electron chi connectivity index (χ2n) is 4.67. The van der Waals surface area contributed by atoms with E-state index in [9.17, 15) is 9.59 Å². The quantitative estimate of drug-likeness (QED) is 0.806. The van der Waals surface area contributed by atoms with Crippen molar-refractivity contribution in [1.82, 2.24) is 9.97 Å². The lowest BCUT2D eigenvalue weighted by Crippen LogP contribution is -2.37. The van der Waals surface area contributed by atoms with Gasteiger partial charge in [-0.3, -0.25) is 9.59 Å². The summed E-state index contributed by atoms with van der Waals surface area (Å²) < 4.78 is 0. The summed E-state index contributed by atoms with van der Waals surface area (Å²) in [6, 6.07) is 0. The average Bonchev–Trinajstić information content (AvgIpc) is 2.39. The highest BCUT2D eigenvalue weighted by molar-refractivity contribution is 5.92. The number of aromatic nitrogens is 2. The molecule has 1 aliphatic rings. The number of nitrogens with zero attached hydrogens (tertiary/aromatic N) is 3. The highest BCUT2D eigenvalue weighted by atomic mass is 16.4. The van der Waals surface area contributed by atoms with Crippen LogP contribution in [0.1, 0.15) is 28.9 Å². The van der Waals surface area contributed by atoms with E-state index in [1.807, 2.05) is 4.90 Å². The Kier molecular flexibility index (Phi) is 3.64. The van der Waals surface area contributed by atoms with Crippen molar-refractivity contribution >= 4 is 17.8 Å². The van der Waals surface area contributed by atoms with E-state index in [4.69, 9.17) is 10.8 Å². The van der Waals surface area contributed by atoms with Gasteiger partial charge in [-0.1, -0.05) is 0 Å². The largest absolute Gasteiger partial charge is 0.481 e. The molecule has 1 amide bonds. The number of carboxylic acids is 1. The zero-order chi connectivity index (χ0) is 14.0. The second-order valence-corrected chi connectivity index (χ2v) is 4.67. The van der Waals surface area contributed by atoms with E-state index < -0.39 is 11.9 Å². The van der Waals surface area contributed by atoms with Crippen LogP contribution in [0.15, 0.2) is 6.20 Å². The van der Waals surface area contributed by atoms with Gasteiger partial charge in [0.25, 0.3) is 5.91 Å². The van der Waals surface area contributed by atoms with Gasteiger partial charge in [-0.15, -0.1) is 0 Å². The van der Waals surface area contributed by atoms with E-state index in [1.54, 1.807) is 13.1 Å². The summed E-state index contributed by atoms with van der Waals surface area (Å²) >= 11 is 0. The van der Waals surface area contributed by atoms with Crippen LogP contribution in [-0.4, -0.2) is 40.0 Å². The summed E-state index contributed by atoms with van der Waals surface area (Å²) in [7, 11) is 0. The summed E-state index contributed by atoms with van der Waals surface area (Å²) in [4.78, 5) is 32.3. The predicted molar refractivity (Wildman–Crippen MR) is 67.9 cm³/mol. The fourth-order valence-corrected chi connectivity index (χ4v) is 2.16. The van der Waals surface area contributed by atoms with Crippen molar-refractivity contribution in [3.05, 3.63) is 17.5 Å². The number of aryl methyl sites for hydroxylation is 1. The van der Waals surface area contributed by atoms with Gasteiger partial charge in [0.1, 0.15) is 5.69 Å². The molecule has 0 unspecified atom stereocenters. The molecule has 1 aromatic heterocycles. The first kappa shape index (κ1) is 13.3. The summed E-state index contributed by atoms with van der Waals surface area (Å²) in [6.45, 7) is 2.86. The fraction of sp³-hybridized carbons (Fsp3) is 0.500. The Morgan fingerprint density at radius 1 is 1.42 bits per heavy atom. The molecule has 0 aliphatic carbocycles. The molecule has 0 atom stereocenters. The van der Waals surface area contributed by atoms with Crippen molar-refractivity contribution in [2.24, 2.45) is 11.7 Å². The van der Waals surface area contributed by atoms with Crippen molar-refractivity contribution in [2.45, 2.75) is 19.8 Å². The number of anilines is 1. The number of carboxylic acid groups (broad SMARTS) is 1. The zero-order valence-electron chi connectivity index (χ0n) is 10.7. The van der Waals surface area contributed by atoms with Crippen molar-refractivity contribution in [2.75, 3.05) is 18.0 Å². The van der Waals surface area contributed by atoms with Crippen LogP contribution in [0.25, 0.3) is 0 Å². The number of amides is 1. The third-order valence-corrected chi connectivity index (χ3v) is 3.32. The number of nitrogens with two attached hydrogens (primary N) is 1. The minimum atomic E-state index is -0.762. The van der Waals surface area contributed by atoms with Gasteiger partial charge >= 0.3 is 5.97 Å². The van der Waals surface area contributed by atoms with E-state index >= 15 is 0 Å². The maximum absolute atomic E-state index is 11.2. The van der Waals surface area contributed by atoms with Gasteiger partial charge in [-0.05, 0) is 25.3 Å². The molecule has 3 N–H and O–H groups in total. The monoisotopic (exact) mass is 264 g/mol. The number of carbonyl (C=O) groups excluding carboxylic acids is 1. The molecule has 1 saturated heterocycles. The SMILES string of the molecule is Cc1cnc(N2CCC(C(=O)O)CC2)nc1C(N)=O. The first-order chi connectivity index (χ1) is 8.99. The van der Waals surface area contributed by atoms with E-state index in [2.05, 4.69) is 9.97 Å². The van der Waals surface area contributed by atoms with Crippen LogP contribution in [0.3, 0.4) is 0 Å². The molecule has 1 fully saturated rings. The molecule has 1 aromatic rings. The Bertz CT molecular complexity index is 510. The number of carbonyl (C=O) groups is 2. The van der Waals surface area contributed by atoms with Crippen molar-refractivity contribution in [3.63, 3.8) is 0 Å². The van der Waals surface area contributed by atoms with Crippen LogP contribution in [0, 0.1) is 12.8 Å². The van der Waals surface area contributed by atoms with E-state index in [0.29, 0.717) is 37.4 Å². The Hall–Kier alpha value is -2.18. The molecule has 2 heterocycles. The standard InChI is InChI=1S/C12H16N4O3/c1-7-6-14-12(15-9(7)10(13)17)16-4-2-8(3-5-16)11(18)19/h6,8H,2-5H2,1H3,(H2,13,17)(H,18,19). The number of hydrogen-bond donors (Lipinski definition) is 2. The second kappa shape index (κ2) is 5.21. The highest BCUT2D eigenvalue weighted by Crippen LogP contribution is 2.21. The molecular weight excluding hydrogens is 248 g/mol. The van der Waals surface area contributed by atoms with Crippen molar-refractivity contribution < 1.29 is 14.7 Å². The summed E-state index contributed by atoms with van der Waals surface area (Å²) in [5, 5.41) is 8.94. The summed E-state index contributed by atoms with van der Waals surface area (Å²) in [6.07, 6.45) is 2.67. The maximum atomic E-state index is 11.2. The van der Waals surface area contributed by atoms with Gasteiger partial charge in [-0.2, -0.15) is 0 Å². The molecule has 19 heavy (non-hydrogen) atoms. The van der Waals surface area contributed by atoms with Crippen LogP contribution in [-0.2, 0) is 4.79 Å². The summed E-state index contributed by atoms with van der Waals surface area (Å²) in [5.74, 6) is -1.22. The van der Waals surface area contributed by atoms with Crippen molar-refractivity contribution in [1.29, 1.82) is 0 Å². The average molecular weight is 264 g/mol. The number of rotatable bonds is 3. The molecule has 0 bridgehead atoms. The minimum absolute atomic E-state index is 0.213. The van der Waals surface area contributed by atoms with Gasteiger partial charge in [0.2, 0.25) is 5.95 Å². The van der Waals surface area contributed by atoms with Crippen LogP contribution in [0.2, 0.25) is 0 Å². The first-order valence-electron chi connectivity index (χ1n) is 6.10. The first-order valence-corrected chi connectivity index (χ1v) is 6.10. The van der Waals surface area contributed by atoms with Crippen LogP contribution in [0.4, 0.5) is 5.95 Å². The molecule has 0 aromatic carbocycles. The van der Waals surface area contributed by atoms with Gasteiger partial charge in [-0.25, -0.2) is 9.97 Å². The predicted octanol–water partition coefficient (Wildman–Crippen LogP) is 0.185. The highest BCUT2D eigenvalue weighted by Gasteiger charge is 2.26. The lowest BCUT2D eigenvalue weighted by atomic mass is 9.97. The fourth-order valence-electron chi connectivity index (χ4n) is 2.16. The number of piperidine rings is 1. The Morgan fingerprint density at radius 3 is 2.58 bits per heavy atom. The molecule has 102 valence electrons. The molecule has 1 aliphatic heterocycles. The third-order valence-electron chi connectivity index (χ3n) is 3.32. The molecule has 7 heteroatoms. The van der Waals surface area contributed by atoms with Crippen molar-refractivity contribution in [3.8, 4) is 0 Å². The molecule has 0 radical (unpaired) electrons. The molecule has 7 nitrogen and oxygen atoms in total. The lowest BCUT2D eigenvalue weighted by Gasteiger charge is -2.30. The van der Waals surface area contributed by atoms with Gasteiger partial charge < -0.3 is 15.7 Å². The van der Waals surface area contributed by atoms with E-state index in [0.717, 1.165) is 0 Å². The van der Waals surface area contributed by atoms with E-state index in [1.165, 1.54) is 0 Å². The smallest absolute Gasteiger partial charge is 0.306 e. The third kappa shape index (κ3) is 2.81. The number of hydrogen-bond acceptors (Lipinski definition) is 5. The lowest BCUT2D eigenvalue weighted by molar-refractivity contribution is -0.142. The van der Waals surface area contributed by atoms with Gasteiger partial charge in [0.05, 0.1) is 5.92 Å². The molecular formula is C12H16N4O3. The van der Waals surface area contributed by atoms with Gasteiger partial charge in [0, 0.05) is 19.3 Å². The van der Waals surface area contributed by atoms with E-state index in [-0.39, 0.29) is 11.6 Å². The van der Waals surface area contributed by atoms with Crippen LogP contribution >= 0.6 is 0 Å². The Labute approximate surface area is 110 Å². The Morgan fingerprint density at radius 2 is 2.05 bits per heavy atom. The topological polar surface area (TPSA) is 109 Å². The van der Waals surface area contributed by atoms with Crippen LogP contribution < -0.4 is 10.6 Å².